The molecular formula is C17H17F2N5O. The Morgan fingerprint density at radius 2 is 1.96 bits per heavy atom. The summed E-state index contributed by atoms with van der Waals surface area (Å²) in [4.78, 5) is 11.7. The number of rotatable bonds is 4. The van der Waals surface area contributed by atoms with Crippen LogP contribution in [-0.2, 0) is 12.6 Å². The van der Waals surface area contributed by atoms with E-state index in [1.165, 1.54) is 42.5 Å². The molecule has 130 valence electrons. The summed E-state index contributed by atoms with van der Waals surface area (Å²) in [6, 6.07) is 3.98. The molecule has 2 aromatic heterocycles. The zero-order valence-corrected chi connectivity index (χ0v) is 14.0. The molecule has 2 atom stereocenters. The van der Waals surface area contributed by atoms with Crippen LogP contribution in [0.15, 0.2) is 37.1 Å². The van der Waals surface area contributed by atoms with Crippen LogP contribution in [-0.4, -0.2) is 29.8 Å². The van der Waals surface area contributed by atoms with Gasteiger partial charge in [0.2, 0.25) is 0 Å². The summed E-state index contributed by atoms with van der Waals surface area (Å²) >= 11 is 0. The highest BCUT2D eigenvalue weighted by Gasteiger charge is 2.37. The molecule has 0 saturated heterocycles. The van der Waals surface area contributed by atoms with Gasteiger partial charge in [0, 0.05) is 18.5 Å². The molecule has 0 radical (unpaired) electrons. The van der Waals surface area contributed by atoms with Crippen molar-refractivity contribution in [1.82, 2.24) is 24.7 Å². The Hall–Kier alpha value is -2.74. The van der Waals surface area contributed by atoms with Gasteiger partial charge in [0.05, 0.1) is 17.5 Å². The Bertz CT molecular complexity index is 910. The second kappa shape index (κ2) is 6.29. The first-order chi connectivity index (χ1) is 11.8. The van der Waals surface area contributed by atoms with E-state index in [9.17, 15) is 13.9 Å². The van der Waals surface area contributed by atoms with E-state index in [1.54, 1.807) is 14.0 Å². The lowest BCUT2D eigenvalue weighted by molar-refractivity contribution is 0.0302. The van der Waals surface area contributed by atoms with Crippen molar-refractivity contribution in [2.45, 2.75) is 25.4 Å². The zero-order valence-electron chi connectivity index (χ0n) is 14.0. The lowest BCUT2D eigenvalue weighted by Crippen LogP contribution is -2.30. The zero-order chi connectivity index (χ0) is 18.2. The molecule has 0 amide bonds. The number of aryl methyl sites for hydroxylation is 1. The third-order valence-corrected chi connectivity index (χ3v) is 4.43. The normalized spacial score (nSPS) is 15.0. The summed E-state index contributed by atoms with van der Waals surface area (Å²) in [5, 5.41) is 15.2. The smallest absolute Gasteiger partial charge is 0.163 e. The molecule has 2 heterocycles. The van der Waals surface area contributed by atoms with Gasteiger partial charge in [-0.25, -0.2) is 28.4 Å². The highest BCUT2D eigenvalue weighted by Crippen LogP contribution is 2.40. The molecule has 25 heavy (non-hydrogen) atoms. The van der Waals surface area contributed by atoms with Gasteiger partial charge in [0.1, 0.15) is 18.5 Å². The average Bonchev–Trinajstić information content (AvgIpc) is 3.00. The Balaban J connectivity index is 2.15. The quantitative estimate of drug-likeness (QED) is 0.786. The molecule has 6 nitrogen and oxygen atoms in total. The van der Waals surface area contributed by atoms with Crippen LogP contribution in [0.25, 0.3) is 11.4 Å². The van der Waals surface area contributed by atoms with Crippen LogP contribution in [0.3, 0.4) is 0 Å². The Kier molecular flexibility index (Phi) is 4.30. The monoisotopic (exact) mass is 345 g/mol. The molecule has 0 aliphatic rings. The summed E-state index contributed by atoms with van der Waals surface area (Å²) in [6.07, 6.45) is 3.61. The number of aliphatic hydroxyl groups is 1. The van der Waals surface area contributed by atoms with E-state index in [0.29, 0.717) is 17.0 Å². The lowest BCUT2D eigenvalue weighted by atomic mass is 9.79. The Morgan fingerprint density at radius 1 is 1.20 bits per heavy atom. The number of halogens is 2. The SMILES string of the molecule is C[C@H](c1ncncc1F)[C@](C)(O)c1ccc(F)cc1-c1ncnn1C. The maximum absolute atomic E-state index is 14.1. The summed E-state index contributed by atoms with van der Waals surface area (Å²) in [7, 11) is 1.67. The van der Waals surface area contributed by atoms with E-state index >= 15 is 0 Å². The predicted molar refractivity (Wildman–Crippen MR) is 86.4 cm³/mol. The lowest BCUT2D eigenvalue weighted by Gasteiger charge is -2.32. The molecule has 1 N–H and O–H groups in total. The maximum Gasteiger partial charge on any atom is 0.163 e. The van der Waals surface area contributed by atoms with Gasteiger partial charge < -0.3 is 5.11 Å². The second-order valence-electron chi connectivity index (χ2n) is 6.02. The van der Waals surface area contributed by atoms with Gasteiger partial charge in [-0.2, -0.15) is 5.10 Å². The number of benzene rings is 1. The molecule has 0 unspecified atom stereocenters. The number of nitrogens with zero attached hydrogens (tertiary/aromatic N) is 5. The third kappa shape index (κ3) is 3.00. The number of hydrogen-bond acceptors (Lipinski definition) is 5. The highest BCUT2D eigenvalue weighted by atomic mass is 19.1. The van der Waals surface area contributed by atoms with Gasteiger partial charge >= 0.3 is 0 Å². The minimum absolute atomic E-state index is 0.0771. The number of hydrogen-bond donors (Lipinski definition) is 1. The molecule has 0 saturated carbocycles. The summed E-state index contributed by atoms with van der Waals surface area (Å²) in [5.41, 5.74) is -0.681. The van der Waals surface area contributed by atoms with E-state index in [2.05, 4.69) is 20.1 Å². The molecule has 0 aliphatic heterocycles. The minimum atomic E-state index is -1.54. The Morgan fingerprint density at radius 3 is 2.60 bits per heavy atom. The molecule has 0 spiro atoms. The van der Waals surface area contributed by atoms with E-state index in [-0.39, 0.29) is 5.69 Å². The van der Waals surface area contributed by atoms with Crippen LogP contribution < -0.4 is 0 Å². The minimum Gasteiger partial charge on any atom is -0.385 e. The molecule has 0 aliphatic carbocycles. The van der Waals surface area contributed by atoms with Crippen molar-refractivity contribution < 1.29 is 13.9 Å². The van der Waals surface area contributed by atoms with E-state index < -0.39 is 23.2 Å². The average molecular weight is 345 g/mol. The predicted octanol–water partition coefficient (Wildman–Crippen LogP) is 2.56. The van der Waals surface area contributed by atoms with Gasteiger partial charge in [-0.15, -0.1) is 0 Å². The first-order valence-corrected chi connectivity index (χ1v) is 7.64. The van der Waals surface area contributed by atoms with Gasteiger partial charge in [-0.05, 0) is 24.6 Å². The molecule has 0 bridgehead atoms. The van der Waals surface area contributed by atoms with Gasteiger partial charge in [-0.3, -0.25) is 0 Å². The fourth-order valence-corrected chi connectivity index (χ4v) is 2.82. The van der Waals surface area contributed by atoms with Crippen molar-refractivity contribution in [2.75, 3.05) is 0 Å². The summed E-state index contributed by atoms with van der Waals surface area (Å²) in [5.74, 6) is -1.41. The van der Waals surface area contributed by atoms with Crippen LogP contribution in [0, 0.1) is 11.6 Å². The van der Waals surface area contributed by atoms with Crippen LogP contribution in [0.2, 0.25) is 0 Å². The molecule has 3 rings (SSSR count). The maximum atomic E-state index is 14.1. The van der Waals surface area contributed by atoms with E-state index in [0.717, 1.165) is 6.20 Å². The van der Waals surface area contributed by atoms with Crippen LogP contribution in [0.5, 0.6) is 0 Å². The van der Waals surface area contributed by atoms with Gasteiger partial charge in [0.15, 0.2) is 11.6 Å². The highest BCUT2D eigenvalue weighted by molar-refractivity contribution is 5.62. The summed E-state index contributed by atoms with van der Waals surface area (Å²) < 4.78 is 29.4. The van der Waals surface area contributed by atoms with Crippen molar-refractivity contribution in [3.05, 3.63) is 59.9 Å². The van der Waals surface area contributed by atoms with Crippen molar-refractivity contribution in [1.29, 1.82) is 0 Å². The molecule has 3 aromatic rings. The summed E-state index contributed by atoms with van der Waals surface area (Å²) in [6.45, 7) is 3.18. The second-order valence-corrected chi connectivity index (χ2v) is 6.02. The van der Waals surface area contributed by atoms with Crippen LogP contribution >= 0.6 is 0 Å². The Labute approximate surface area is 143 Å². The molecular weight excluding hydrogens is 328 g/mol. The van der Waals surface area contributed by atoms with Crippen molar-refractivity contribution in [3.8, 4) is 11.4 Å². The topological polar surface area (TPSA) is 76.7 Å². The van der Waals surface area contributed by atoms with E-state index in [1.807, 2.05) is 0 Å². The third-order valence-electron chi connectivity index (χ3n) is 4.43. The first-order valence-electron chi connectivity index (χ1n) is 7.64. The largest absolute Gasteiger partial charge is 0.385 e. The first kappa shape index (κ1) is 17.1. The van der Waals surface area contributed by atoms with Crippen LogP contribution in [0.1, 0.15) is 31.0 Å². The van der Waals surface area contributed by atoms with Gasteiger partial charge in [-0.1, -0.05) is 13.0 Å². The molecule has 1 aromatic carbocycles. The van der Waals surface area contributed by atoms with Crippen molar-refractivity contribution in [2.24, 2.45) is 7.05 Å². The molecule has 8 heteroatoms. The standard InChI is InChI=1S/C17H17F2N5O/c1-10(15-14(19)7-20-8-21-15)17(2,25)13-5-4-11(18)6-12(13)16-22-9-23-24(16)3/h4-10,25H,1-3H3/t10-,17+/m1/s1. The van der Waals surface area contributed by atoms with E-state index in [4.69, 9.17) is 0 Å². The fraction of sp³-hybridized carbons (Fsp3) is 0.294. The molecule has 0 fully saturated rings. The van der Waals surface area contributed by atoms with Crippen LogP contribution in [0.4, 0.5) is 8.78 Å². The van der Waals surface area contributed by atoms with Crippen molar-refractivity contribution >= 4 is 0 Å². The number of aromatic nitrogens is 5. The van der Waals surface area contributed by atoms with Crippen molar-refractivity contribution in [3.63, 3.8) is 0 Å². The fourth-order valence-electron chi connectivity index (χ4n) is 2.82. The van der Waals surface area contributed by atoms with Gasteiger partial charge in [0.25, 0.3) is 0 Å².